The lowest BCUT2D eigenvalue weighted by atomic mass is 9.89. The minimum absolute atomic E-state index is 0.0345. The van der Waals surface area contributed by atoms with E-state index in [-0.39, 0.29) is 18.6 Å². The average molecular weight is 410 g/mol. The first-order valence-corrected chi connectivity index (χ1v) is 10.6. The molecule has 2 aromatic rings. The minimum atomic E-state index is -0.182. The van der Waals surface area contributed by atoms with Crippen molar-refractivity contribution in [3.8, 4) is 0 Å². The lowest BCUT2D eigenvalue weighted by Crippen LogP contribution is -2.42. The topological polar surface area (TPSA) is 87.6 Å². The van der Waals surface area contributed by atoms with Gasteiger partial charge in [-0.05, 0) is 44.4 Å². The molecule has 0 spiro atoms. The molecule has 7 nitrogen and oxygen atoms in total. The second-order valence-electron chi connectivity index (χ2n) is 7.47. The summed E-state index contributed by atoms with van der Waals surface area (Å²) in [6.07, 6.45) is 5.49. The largest absolute Gasteiger partial charge is 0.373 e. The predicted molar refractivity (Wildman–Crippen MR) is 119 cm³/mol. The molecule has 1 fully saturated rings. The smallest absolute Gasteiger partial charge is 0.246 e. The summed E-state index contributed by atoms with van der Waals surface area (Å²) in [5.74, 6) is 0.792. The first kappa shape index (κ1) is 21.8. The van der Waals surface area contributed by atoms with Crippen molar-refractivity contribution in [3.05, 3.63) is 59.9 Å². The van der Waals surface area contributed by atoms with Gasteiger partial charge in [-0.1, -0.05) is 29.8 Å². The number of guanidine groups is 1. The van der Waals surface area contributed by atoms with Gasteiger partial charge in [0, 0.05) is 31.8 Å². The molecule has 0 bridgehead atoms. The van der Waals surface area contributed by atoms with Gasteiger partial charge in [-0.2, -0.15) is 0 Å². The van der Waals surface area contributed by atoms with Gasteiger partial charge in [0.1, 0.15) is 6.54 Å². The first-order valence-electron chi connectivity index (χ1n) is 10.6. The quantitative estimate of drug-likeness (QED) is 0.483. The Bertz CT molecular complexity index is 823. The zero-order valence-electron chi connectivity index (χ0n) is 17.7. The van der Waals surface area contributed by atoms with E-state index in [2.05, 4.69) is 57.1 Å². The Morgan fingerprint density at radius 1 is 1.23 bits per heavy atom. The predicted octanol–water partition coefficient (Wildman–Crippen LogP) is 3.05. The van der Waals surface area contributed by atoms with E-state index >= 15 is 0 Å². The molecule has 2 atom stereocenters. The van der Waals surface area contributed by atoms with E-state index in [1.807, 2.05) is 6.92 Å². The van der Waals surface area contributed by atoms with Crippen LogP contribution in [-0.2, 0) is 9.53 Å². The van der Waals surface area contributed by atoms with Crippen LogP contribution >= 0.6 is 0 Å². The summed E-state index contributed by atoms with van der Waals surface area (Å²) in [6, 6.07) is 12.1. The van der Waals surface area contributed by atoms with Crippen molar-refractivity contribution >= 4 is 17.6 Å². The molecule has 2 unspecified atom stereocenters. The van der Waals surface area contributed by atoms with Crippen LogP contribution in [0.5, 0.6) is 0 Å². The van der Waals surface area contributed by atoms with E-state index in [0.717, 1.165) is 32.5 Å². The SMILES string of the molecule is CCNC(=NCC(=O)Nc1cccnc1)NCC1CCCOC1c1ccc(C)cc1. The maximum Gasteiger partial charge on any atom is 0.246 e. The summed E-state index contributed by atoms with van der Waals surface area (Å²) in [5, 5.41) is 9.39. The third-order valence-corrected chi connectivity index (χ3v) is 5.05. The fourth-order valence-electron chi connectivity index (χ4n) is 3.53. The van der Waals surface area contributed by atoms with Crippen LogP contribution in [0.25, 0.3) is 0 Å². The minimum Gasteiger partial charge on any atom is -0.373 e. The number of rotatable bonds is 7. The Kier molecular flexibility index (Phi) is 8.20. The Morgan fingerprint density at radius 2 is 2.07 bits per heavy atom. The van der Waals surface area contributed by atoms with Gasteiger partial charge in [-0.25, -0.2) is 4.99 Å². The summed E-state index contributed by atoms with van der Waals surface area (Å²) in [6.45, 7) is 6.37. The first-order chi connectivity index (χ1) is 14.7. The number of pyridine rings is 1. The van der Waals surface area contributed by atoms with Crippen molar-refractivity contribution in [2.75, 3.05) is 31.6 Å². The second kappa shape index (κ2) is 11.3. The summed E-state index contributed by atoms with van der Waals surface area (Å²) in [4.78, 5) is 20.6. The van der Waals surface area contributed by atoms with Gasteiger partial charge in [0.05, 0.1) is 18.0 Å². The summed E-state index contributed by atoms with van der Waals surface area (Å²) in [7, 11) is 0. The molecule has 3 rings (SSSR count). The average Bonchev–Trinajstić information content (AvgIpc) is 2.77. The Hall–Kier alpha value is -2.93. The van der Waals surface area contributed by atoms with Crippen LogP contribution in [0.3, 0.4) is 0 Å². The van der Waals surface area contributed by atoms with Crippen molar-refractivity contribution in [1.29, 1.82) is 0 Å². The molecule has 1 amide bonds. The van der Waals surface area contributed by atoms with E-state index in [1.54, 1.807) is 24.5 Å². The molecule has 0 aliphatic carbocycles. The lowest BCUT2D eigenvalue weighted by Gasteiger charge is -2.32. The van der Waals surface area contributed by atoms with Crippen LogP contribution in [0.15, 0.2) is 53.8 Å². The third-order valence-electron chi connectivity index (χ3n) is 5.05. The second-order valence-corrected chi connectivity index (χ2v) is 7.47. The van der Waals surface area contributed by atoms with Crippen LogP contribution in [-0.4, -0.2) is 43.1 Å². The molecule has 160 valence electrons. The number of aromatic nitrogens is 1. The number of anilines is 1. The van der Waals surface area contributed by atoms with Crippen LogP contribution < -0.4 is 16.0 Å². The molecule has 0 saturated carbocycles. The van der Waals surface area contributed by atoms with Crippen LogP contribution in [0, 0.1) is 12.8 Å². The van der Waals surface area contributed by atoms with Gasteiger partial charge in [-0.15, -0.1) is 0 Å². The number of hydrogen-bond acceptors (Lipinski definition) is 4. The number of amides is 1. The molecule has 1 aromatic carbocycles. The highest BCUT2D eigenvalue weighted by atomic mass is 16.5. The lowest BCUT2D eigenvalue weighted by molar-refractivity contribution is -0.114. The Balaban J connectivity index is 1.57. The molecule has 2 heterocycles. The molecule has 3 N–H and O–H groups in total. The zero-order chi connectivity index (χ0) is 21.2. The molecule has 1 aliphatic rings. The van der Waals surface area contributed by atoms with E-state index in [1.165, 1.54) is 11.1 Å². The number of aryl methyl sites for hydroxylation is 1. The molecule has 1 saturated heterocycles. The van der Waals surface area contributed by atoms with E-state index in [4.69, 9.17) is 4.74 Å². The van der Waals surface area contributed by atoms with Gasteiger partial charge < -0.3 is 20.7 Å². The third kappa shape index (κ3) is 6.56. The number of carbonyl (C=O) groups excluding carboxylic acids is 1. The number of nitrogens with zero attached hydrogens (tertiary/aromatic N) is 2. The molecular formula is C23H31N5O2. The fourth-order valence-corrected chi connectivity index (χ4v) is 3.53. The van der Waals surface area contributed by atoms with Crippen molar-refractivity contribution in [3.63, 3.8) is 0 Å². The normalized spacial score (nSPS) is 19.2. The molecule has 1 aliphatic heterocycles. The molecule has 0 radical (unpaired) electrons. The highest BCUT2D eigenvalue weighted by Gasteiger charge is 2.27. The Labute approximate surface area is 178 Å². The van der Waals surface area contributed by atoms with Gasteiger partial charge in [0.15, 0.2) is 5.96 Å². The van der Waals surface area contributed by atoms with Crippen LogP contribution in [0.1, 0.15) is 37.0 Å². The van der Waals surface area contributed by atoms with E-state index in [9.17, 15) is 4.79 Å². The van der Waals surface area contributed by atoms with Gasteiger partial charge in [0.25, 0.3) is 0 Å². The van der Waals surface area contributed by atoms with Gasteiger partial charge in [-0.3, -0.25) is 9.78 Å². The highest BCUT2D eigenvalue weighted by molar-refractivity contribution is 5.93. The molecule has 30 heavy (non-hydrogen) atoms. The number of benzene rings is 1. The van der Waals surface area contributed by atoms with Gasteiger partial charge >= 0.3 is 0 Å². The highest BCUT2D eigenvalue weighted by Crippen LogP contribution is 2.33. The number of hydrogen-bond donors (Lipinski definition) is 3. The summed E-state index contributed by atoms with van der Waals surface area (Å²) >= 11 is 0. The summed E-state index contributed by atoms with van der Waals surface area (Å²) < 4.78 is 6.10. The van der Waals surface area contributed by atoms with Crippen LogP contribution in [0.4, 0.5) is 5.69 Å². The van der Waals surface area contributed by atoms with Crippen molar-refractivity contribution in [1.82, 2.24) is 15.6 Å². The Morgan fingerprint density at radius 3 is 2.80 bits per heavy atom. The number of aliphatic imine (C=N–C) groups is 1. The van der Waals surface area contributed by atoms with E-state index < -0.39 is 0 Å². The maximum atomic E-state index is 12.2. The van der Waals surface area contributed by atoms with Crippen LogP contribution in [0.2, 0.25) is 0 Å². The summed E-state index contributed by atoms with van der Waals surface area (Å²) in [5.41, 5.74) is 3.12. The van der Waals surface area contributed by atoms with Crippen molar-refractivity contribution < 1.29 is 9.53 Å². The van der Waals surface area contributed by atoms with E-state index in [0.29, 0.717) is 17.6 Å². The number of carbonyl (C=O) groups is 1. The monoisotopic (exact) mass is 409 g/mol. The zero-order valence-corrected chi connectivity index (χ0v) is 17.7. The molecular weight excluding hydrogens is 378 g/mol. The molecule has 7 heteroatoms. The van der Waals surface area contributed by atoms with Crippen molar-refractivity contribution in [2.45, 2.75) is 32.8 Å². The van der Waals surface area contributed by atoms with Gasteiger partial charge in [0.2, 0.25) is 5.91 Å². The number of ether oxygens (including phenoxy) is 1. The van der Waals surface area contributed by atoms with Crippen molar-refractivity contribution in [2.24, 2.45) is 10.9 Å². The standard InChI is InChI=1S/C23H31N5O2/c1-3-25-23(27-16-21(29)28-20-7-4-12-24-15-20)26-14-19-6-5-13-30-22(19)18-10-8-17(2)9-11-18/h4,7-12,15,19,22H,3,5-6,13-14,16H2,1-2H3,(H,28,29)(H2,25,26,27). The fraction of sp³-hybridized carbons (Fsp3) is 0.435. The molecule has 1 aromatic heterocycles. The maximum absolute atomic E-state index is 12.2. The number of nitrogens with one attached hydrogen (secondary N) is 3.